The van der Waals surface area contributed by atoms with Gasteiger partial charge in [0.05, 0.1) is 17.2 Å². The predicted molar refractivity (Wildman–Crippen MR) is 88.4 cm³/mol. The summed E-state index contributed by atoms with van der Waals surface area (Å²) < 4.78 is 5.09. The largest absolute Gasteiger partial charge is 0.497 e. The van der Waals surface area contributed by atoms with Gasteiger partial charge in [-0.25, -0.2) is 0 Å². The smallest absolute Gasteiger partial charge is 0.251 e. The molecule has 0 heterocycles. The molecular formula is C15H12Cl4O4. The van der Waals surface area contributed by atoms with Crippen LogP contribution in [0.1, 0.15) is 17.9 Å². The standard InChI is InChI=1S/C15H12Cl4O4/c1-23-8-4-2-7(3-5-8)9-6-13(18)10(16)11(17)14(9,19)12(20)15(13,21)22/h2-5,9,21-22H,6H2,1H3/t9-,13+,14-/m1/s1. The molecule has 1 saturated carbocycles. The van der Waals surface area contributed by atoms with Crippen LogP contribution in [0.2, 0.25) is 0 Å². The second kappa shape index (κ2) is 5.25. The van der Waals surface area contributed by atoms with E-state index in [1.807, 2.05) is 0 Å². The van der Waals surface area contributed by atoms with Crippen molar-refractivity contribution < 1.29 is 19.7 Å². The molecule has 2 N–H and O–H groups in total. The number of halogens is 4. The first-order valence-electron chi connectivity index (χ1n) is 6.68. The minimum absolute atomic E-state index is 0.0574. The van der Waals surface area contributed by atoms with Gasteiger partial charge in [0.1, 0.15) is 10.6 Å². The second-order valence-corrected chi connectivity index (χ2v) is 7.67. The third-order valence-electron chi connectivity index (χ3n) is 4.54. The zero-order valence-electron chi connectivity index (χ0n) is 11.8. The Morgan fingerprint density at radius 2 is 1.70 bits per heavy atom. The number of ketones is 1. The van der Waals surface area contributed by atoms with Crippen LogP contribution in [-0.2, 0) is 4.79 Å². The molecule has 0 radical (unpaired) electrons. The SMILES string of the molecule is COc1ccc([C@H]2C[C@]3(Cl)C(Cl)=C(Cl)[C@@]2(Cl)C(=O)C3(O)O)cc1. The topological polar surface area (TPSA) is 66.8 Å². The van der Waals surface area contributed by atoms with Crippen LogP contribution < -0.4 is 4.74 Å². The van der Waals surface area contributed by atoms with Crippen LogP contribution in [0.4, 0.5) is 0 Å². The minimum Gasteiger partial charge on any atom is -0.497 e. The van der Waals surface area contributed by atoms with E-state index in [1.54, 1.807) is 24.3 Å². The number of benzene rings is 1. The fourth-order valence-corrected chi connectivity index (χ4v) is 4.77. The lowest BCUT2D eigenvalue weighted by Crippen LogP contribution is -2.72. The summed E-state index contributed by atoms with van der Waals surface area (Å²) in [5.74, 6) is -4.01. The average Bonchev–Trinajstić information content (AvgIpc) is 2.54. The summed E-state index contributed by atoms with van der Waals surface area (Å²) >= 11 is 25.1. The van der Waals surface area contributed by atoms with Crippen LogP contribution in [-0.4, -0.2) is 38.6 Å². The van der Waals surface area contributed by atoms with Crippen molar-refractivity contribution in [1.29, 1.82) is 0 Å². The Kier molecular flexibility index (Phi) is 3.96. The number of hydrogen-bond donors (Lipinski definition) is 2. The van der Waals surface area contributed by atoms with Crippen LogP contribution in [0.3, 0.4) is 0 Å². The van der Waals surface area contributed by atoms with Crippen molar-refractivity contribution in [2.75, 3.05) is 7.11 Å². The Bertz CT molecular complexity index is 715. The molecule has 1 aromatic carbocycles. The maximum absolute atomic E-state index is 12.6. The summed E-state index contributed by atoms with van der Waals surface area (Å²) in [6.07, 6.45) is -0.0574. The highest BCUT2D eigenvalue weighted by Crippen LogP contribution is 2.65. The summed E-state index contributed by atoms with van der Waals surface area (Å²) in [7, 11) is 1.53. The fourth-order valence-electron chi connectivity index (χ4n) is 3.17. The molecule has 1 fully saturated rings. The van der Waals surface area contributed by atoms with Crippen molar-refractivity contribution >= 4 is 52.2 Å². The van der Waals surface area contributed by atoms with Gasteiger partial charge in [-0.1, -0.05) is 35.3 Å². The van der Waals surface area contributed by atoms with Crippen molar-refractivity contribution in [2.24, 2.45) is 0 Å². The number of rotatable bonds is 2. The van der Waals surface area contributed by atoms with Crippen molar-refractivity contribution in [2.45, 2.75) is 27.9 Å². The lowest BCUT2D eigenvalue weighted by atomic mass is 9.61. The van der Waals surface area contributed by atoms with Crippen molar-refractivity contribution in [1.82, 2.24) is 0 Å². The van der Waals surface area contributed by atoms with Gasteiger partial charge < -0.3 is 14.9 Å². The van der Waals surface area contributed by atoms with Crippen molar-refractivity contribution in [3.05, 3.63) is 39.9 Å². The maximum Gasteiger partial charge on any atom is 0.251 e. The number of fused-ring (bicyclic) bond motifs is 2. The van der Waals surface area contributed by atoms with Gasteiger partial charge in [0, 0.05) is 5.92 Å². The summed E-state index contributed by atoms with van der Waals surface area (Å²) in [5, 5.41) is 20.0. The number of carbonyl (C=O) groups is 1. The van der Waals surface area contributed by atoms with Gasteiger partial charge in [-0.3, -0.25) is 4.79 Å². The zero-order valence-corrected chi connectivity index (χ0v) is 14.8. The monoisotopic (exact) mass is 396 g/mol. The second-order valence-electron chi connectivity index (χ2n) is 5.67. The molecule has 3 atom stereocenters. The molecule has 23 heavy (non-hydrogen) atoms. The predicted octanol–water partition coefficient (Wildman–Crippen LogP) is 3.09. The molecule has 3 aliphatic carbocycles. The van der Waals surface area contributed by atoms with Gasteiger partial charge in [0.25, 0.3) is 5.79 Å². The summed E-state index contributed by atoms with van der Waals surface area (Å²) in [6.45, 7) is 0. The molecule has 0 saturated heterocycles. The Morgan fingerprint density at radius 1 is 1.13 bits per heavy atom. The first kappa shape index (κ1) is 17.3. The van der Waals surface area contributed by atoms with Crippen LogP contribution in [0.15, 0.2) is 34.3 Å². The number of methoxy groups -OCH3 is 1. The highest BCUT2D eigenvalue weighted by atomic mass is 35.5. The molecule has 4 rings (SSSR count). The molecule has 4 nitrogen and oxygen atoms in total. The molecule has 0 aromatic heterocycles. The Morgan fingerprint density at radius 3 is 2.22 bits per heavy atom. The van der Waals surface area contributed by atoms with E-state index in [1.165, 1.54) is 7.11 Å². The van der Waals surface area contributed by atoms with Gasteiger partial charge in [-0.15, -0.1) is 23.2 Å². The number of carbonyl (C=O) groups excluding carboxylic acids is 1. The van der Waals surface area contributed by atoms with Crippen LogP contribution in [0.5, 0.6) is 5.75 Å². The van der Waals surface area contributed by atoms with E-state index in [0.717, 1.165) is 0 Å². The molecule has 1 aromatic rings. The van der Waals surface area contributed by atoms with E-state index in [0.29, 0.717) is 11.3 Å². The number of aliphatic hydroxyl groups is 2. The normalized spacial score (nSPS) is 35.6. The van der Waals surface area contributed by atoms with Crippen molar-refractivity contribution in [3.63, 3.8) is 0 Å². The molecule has 2 bridgehead atoms. The van der Waals surface area contributed by atoms with Crippen LogP contribution >= 0.6 is 46.4 Å². The molecule has 8 heteroatoms. The third kappa shape index (κ3) is 2.03. The van der Waals surface area contributed by atoms with Crippen LogP contribution in [0.25, 0.3) is 0 Å². The lowest BCUT2D eigenvalue weighted by Gasteiger charge is -2.55. The van der Waals surface area contributed by atoms with E-state index in [2.05, 4.69) is 0 Å². The van der Waals surface area contributed by atoms with E-state index in [-0.39, 0.29) is 16.5 Å². The maximum atomic E-state index is 12.6. The van der Waals surface area contributed by atoms with E-state index >= 15 is 0 Å². The molecule has 0 amide bonds. The molecule has 3 aliphatic rings. The Balaban J connectivity index is 2.18. The first-order valence-corrected chi connectivity index (χ1v) is 8.19. The number of Topliss-reactive ketones (excluding diaryl/α,β-unsaturated/α-hetero) is 1. The Hall–Kier alpha value is -0.490. The van der Waals surface area contributed by atoms with E-state index in [9.17, 15) is 15.0 Å². The molecule has 0 aliphatic heterocycles. The molecule has 0 unspecified atom stereocenters. The molecular weight excluding hydrogens is 386 g/mol. The summed E-state index contributed by atoms with van der Waals surface area (Å²) in [4.78, 5) is 8.76. The summed E-state index contributed by atoms with van der Waals surface area (Å²) in [5.41, 5.74) is 0.664. The van der Waals surface area contributed by atoms with E-state index in [4.69, 9.17) is 51.1 Å². The van der Waals surface area contributed by atoms with Crippen molar-refractivity contribution in [3.8, 4) is 5.75 Å². The van der Waals surface area contributed by atoms with Gasteiger partial charge in [0.2, 0.25) is 5.78 Å². The minimum atomic E-state index is -2.89. The van der Waals surface area contributed by atoms with Gasteiger partial charge >= 0.3 is 0 Å². The highest BCUT2D eigenvalue weighted by Gasteiger charge is 2.74. The number of ether oxygens (including phenoxy) is 1. The number of allylic oxidation sites excluding steroid dienone is 1. The van der Waals surface area contributed by atoms with Gasteiger partial charge in [-0.05, 0) is 24.1 Å². The first-order chi connectivity index (χ1) is 10.6. The fraction of sp³-hybridized carbons (Fsp3) is 0.400. The van der Waals surface area contributed by atoms with E-state index < -0.39 is 27.2 Å². The van der Waals surface area contributed by atoms with Crippen LogP contribution in [0, 0.1) is 0 Å². The van der Waals surface area contributed by atoms with Gasteiger partial charge in [-0.2, -0.15) is 0 Å². The lowest BCUT2D eigenvalue weighted by molar-refractivity contribution is -0.204. The summed E-state index contributed by atoms with van der Waals surface area (Å²) in [6, 6.07) is 6.84. The quantitative estimate of drug-likeness (QED) is 0.594. The Labute approximate surface area is 152 Å². The number of alkyl halides is 2. The average molecular weight is 398 g/mol. The zero-order chi connectivity index (χ0) is 17.2. The third-order valence-corrected chi connectivity index (χ3v) is 7.06. The highest BCUT2D eigenvalue weighted by molar-refractivity contribution is 6.56. The molecule has 124 valence electrons. The van der Waals surface area contributed by atoms with Gasteiger partial charge in [0.15, 0.2) is 4.87 Å². The molecule has 0 spiro atoms. The number of hydrogen-bond acceptors (Lipinski definition) is 4.